The summed E-state index contributed by atoms with van der Waals surface area (Å²) in [7, 11) is 0. The van der Waals surface area contributed by atoms with Crippen LogP contribution in [0.2, 0.25) is 0 Å². The van der Waals surface area contributed by atoms with Gasteiger partial charge < -0.3 is 15.1 Å². The Kier molecular flexibility index (Phi) is 18.1. The van der Waals surface area contributed by atoms with Gasteiger partial charge in [-0.25, -0.2) is 0 Å². The van der Waals surface area contributed by atoms with Crippen LogP contribution < -0.4 is 0 Å². The van der Waals surface area contributed by atoms with Crippen LogP contribution >= 0.6 is 0 Å². The summed E-state index contributed by atoms with van der Waals surface area (Å²) in [6.45, 7) is 29.4. The molecule has 0 amide bonds. The van der Waals surface area contributed by atoms with Crippen LogP contribution in [0.25, 0.3) is 44.1 Å². The van der Waals surface area contributed by atoms with Crippen LogP contribution in [0, 0.1) is 44.2 Å². The average Bonchev–Trinajstić information content (AvgIpc) is 3.22. The van der Waals surface area contributed by atoms with E-state index in [1.807, 2.05) is 53.7 Å². The summed E-state index contributed by atoms with van der Waals surface area (Å²) in [4.78, 5) is 20.8. The molecule has 1 N–H and O–H groups in total. The first-order valence-electron chi connectivity index (χ1n) is 23.1. The fourth-order valence-electron chi connectivity index (χ4n) is 7.37. The Morgan fingerprint density at radius 2 is 1.11 bits per heavy atom. The molecular formula is C56H70IrN2O2-2. The fraction of sp³-hybridized carbons (Fsp3) is 0.411. The number of aromatic nitrogens is 2. The first-order chi connectivity index (χ1) is 29.2. The Balaban J connectivity index is 0.000000255. The molecule has 4 aromatic carbocycles. The quantitative estimate of drug-likeness (QED) is 0.0754. The molecule has 4 nitrogen and oxygen atoms in total. The second-order valence-corrected chi connectivity index (χ2v) is 17.6. The topological polar surface area (TPSA) is 63.1 Å². The molecule has 2 heterocycles. The van der Waals surface area contributed by atoms with E-state index in [9.17, 15) is 9.90 Å². The minimum absolute atomic E-state index is 0. The van der Waals surface area contributed by atoms with Crippen molar-refractivity contribution in [3.05, 3.63) is 142 Å². The summed E-state index contributed by atoms with van der Waals surface area (Å²) in [5.41, 5.74) is 10.7. The van der Waals surface area contributed by atoms with E-state index in [-0.39, 0.29) is 43.0 Å². The molecule has 0 spiro atoms. The van der Waals surface area contributed by atoms with Crippen LogP contribution in [-0.4, -0.2) is 20.9 Å². The molecule has 0 aliphatic carbocycles. The molecular weight excluding hydrogens is 925 g/mol. The predicted octanol–water partition coefficient (Wildman–Crippen LogP) is 16.0. The van der Waals surface area contributed by atoms with E-state index in [1.165, 1.54) is 28.3 Å². The van der Waals surface area contributed by atoms with Gasteiger partial charge >= 0.3 is 0 Å². The number of nitrogens with zero attached hydrogens (tertiary/aromatic N) is 2. The second-order valence-electron chi connectivity index (χ2n) is 17.6. The third-order valence-electron chi connectivity index (χ3n) is 12.0. The van der Waals surface area contributed by atoms with Crippen LogP contribution in [0.3, 0.4) is 0 Å². The molecule has 6 aromatic rings. The number of rotatable bonds is 12. The first-order valence-corrected chi connectivity index (χ1v) is 22.1. The van der Waals surface area contributed by atoms with E-state index in [0.717, 1.165) is 80.9 Å². The molecule has 0 atom stereocenters. The Morgan fingerprint density at radius 3 is 1.52 bits per heavy atom. The number of allylic oxidation sites excluding steroid dienone is 2. The van der Waals surface area contributed by atoms with Gasteiger partial charge in [-0.2, -0.15) is 0 Å². The molecule has 0 fully saturated rings. The molecule has 0 aliphatic rings. The van der Waals surface area contributed by atoms with E-state index in [1.54, 1.807) is 0 Å². The van der Waals surface area contributed by atoms with Gasteiger partial charge in [-0.3, -0.25) is 4.79 Å². The van der Waals surface area contributed by atoms with Crippen LogP contribution in [0.15, 0.2) is 97.0 Å². The molecule has 0 saturated heterocycles. The molecule has 5 heteroatoms. The zero-order valence-electron chi connectivity index (χ0n) is 41.2. The first kappa shape index (κ1) is 47.6. The Morgan fingerprint density at radius 1 is 0.672 bits per heavy atom. The van der Waals surface area contributed by atoms with Crippen molar-refractivity contribution in [2.24, 2.45) is 11.3 Å². The molecule has 2 aromatic heterocycles. The largest absolute Gasteiger partial charge is 0.512 e. The number of aliphatic hydroxyl groups is 1. The number of aryl methyl sites for hydroxylation is 3. The monoisotopic (exact) mass is 998 g/mol. The van der Waals surface area contributed by atoms with E-state index < -0.39 is 0 Å². The number of hydrogen-bond donors (Lipinski definition) is 1. The number of ketones is 1. The third kappa shape index (κ3) is 13.3. The predicted molar refractivity (Wildman–Crippen MR) is 257 cm³/mol. The molecule has 0 bridgehead atoms. The van der Waals surface area contributed by atoms with Gasteiger partial charge in [-0.1, -0.05) is 133 Å². The molecule has 6 rings (SSSR count). The Hall–Kier alpha value is -4.44. The standard InChI is InChI=1S/C22H24N.C20H20N.C14H26O2.Ir/c1-14(2)17-6-7-21-18(12-17)8-9-23-22(21)20-11-16(5)10-19(13-20)15(3)4;1-13(2)16-5-6-19-17(12-16)7-8-21-20(19)18-10-14(3)9-15(4)11-18;1-6-11(7-2)12(15)10-13(16)14(5,8-3)9-4;/h6-10,12-15H,1-5H3;5-10,12-13H,1-4H3;10-11,16H,6-9H2,1-5H3;/q2*-1;;/b;;13-10-;/i9D;8D;;. The molecule has 0 saturated carbocycles. The Labute approximate surface area is 384 Å². The van der Waals surface area contributed by atoms with Gasteiger partial charge in [0, 0.05) is 49.9 Å². The summed E-state index contributed by atoms with van der Waals surface area (Å²) in [5.74, 6) is 1.77. The van der Waals surface area contributed by atoms with Gasteiger partial charge in [0.05, 0.1) is 2.74 Å². The fourth-order valence-corrected chi connectivity index (χ4v) is 7.37. The number of carbonyl (C=O) groups is 1. The zero-order chi connectivity index (χ0) is 46.1. The van der Waals surface area contributed by atoms with Gasteiger partial charge in [0.1, 0.15) is 5.76 Å². The van der Waals surface area contributed by atoms with Gasteiger partial charge in [-0.15, -0.1) is 69.8 Å². The Bertz CT molecular complexity index is 2490. The van der Waals surface area contributed by atoms with Crippen molar-refractivity contribution in [3.8, 4) is 22.5 Å². The van der Waals surface area contributed by atoms with Crippen molar-refractivity contribution in [2.45, 2.75) is 140 Å². The van der Waals surface area contributed by atoms with Crippen molar-refractivity contribution >= 4 is 27.3 Å². The van der Waals surface area contributed by atoms with Crippen molar-refractivity contribution in [2.75, 3.05) is 0 Å². The number of aliphatic hydroxyl groups excluding tert-OH is 1. The van der Waals surface area contributed by atoms with Crippen molar-refractivity contribution < 1.29 is 32.7 Å². The maximum atomic E-state index is 11.9. The van der Waals surface area contributed by atoms with E-state index in [2.05, 4.69) is 138 Å². The van der Waals surface area contributed by atoms with Crippen LogP contribution in [0.1, 0.15) is 156 Å². The van der Waals surface area contributed by atoms with Crippen LogP contribution in [0.5, 0.6) is 0 Å². The number of benzene rings is 4. The number of carbonyl (C=O) groups excluding carboxylic acids is 1. The maximum Gasteiger partial charge on any atom is 0.162 e. The molecule has 61 heavy (non-hydrogen) atoms. The average molecular weight is 997 g/mol. The summed E-state index contributed by atoms with van der Waals surface area (Å²) in [5, 5.41) is 14.4. The normalized spacial score (nSPS) is 12.2. The molecule has 1 radical (unpaired) electrons. The van der Waals surface area contributed by atoms with E-state index >= 15 is 0 Å². The third-order valence-corrected chi connectivity index (χ3v) is 12.0. The minimum atomic E-state index is -0.248. The number of pyridine rings is 2. The smallest absolute Gasteiger partial charge is 0.162 e. The summed E-state index contributed by atoms with van der Waals surface area (Å²) in [6, 6.07) is 32.0. The van der Waals surface area contributed by atoms with Gasteiger partial charge in [0.15, 0.2) is 5.78 Å². The zero-order valence-corrected chi connectivity index (χ0v) is 41.6. The summed E-state index contributed by atoms with van der Waals surface area (Å²) < 4.78 is 16.1. The SMILES string of the molecule is CCC(CC)C(=O)/C=C(\O)C(C)(CC)CC.[2H]c1cc2cc(C(C)C)ccc2c(-c2[c-]c(C)cc(C(C)C)c2)n1.[2H]c1cc2cc(C(C)C)ccc2c(-c2[c-]c(C)cc(C)c2)n1.[Ir]. The van der Waals surface area contributed by atoms with Gasteiger partial charge in [-0.05, 0) is 99.6 Å². The number of fused-ring (bicyclic) bond motifs is 2. The maximum absolute atomic E-state index is 11.9. The second kappa shape index (κ2) is 23.1. The summed E-state index contributed by atoms with van der Waals surface area (Å²) >= 11 is 0. The van der Waals surface area contributed by atoms with Crippen molar-refractivity contribution in [3.63, 3.8) is 0 Å². The molecule has 0 aliphatic heterocycles. The van der Waals surface area contributed by atoms with E-state index in [4.69, 9.17) is 2.74 Å². The van der Waals surface area contributed by atoms with Gasteiger partial charge in [0.25, 0.3) is 0 Å². The van der Waals surface area contributed by atoms with Crippen LogP contribution in [-0.2, 0) is 24.9 Å². The minimum Gasteiger partial charge on any atom is -0.512 e. The molecule has 0 unspecified atom stereocenters. The van der Waals surface area contributed by atoms with Crippen molar-refractivity contribution in [1.82, 2.24) is 9.97 Å². The summed E-state index contributed by atoms with van der Waals surface area (Å²) in [6.07, 6.45) is 5.44. The van der Waals surface area contributed by atoms with Crippen LogP contribution in [0.4, 0.5) is 0 Å². The molecule has 327 valence electrons. The van der Waals surface area contributed by atoms with Crippen molar-refractivity contribution in [1.29, 1.82) is 0 Å². The van der Waals surface area contributed by atoms with Gasteiger partial charge in [0.2, 0.25) is 0 Å². The number of hydrogen-bond acceptors (Lipinski definition) is 4. The van der Waals surface area contributed by atoms with E-state index in [0.29, 0.717) is 30.1 Å².